The van der Waals surface area contributed by atoms with Gasteiger partial charge in [0.15, 0.2) is 0 Å². The summed E-state index contributed by atoms with van der Waals surface area (Å²) in [5, 5.41) is 2.75. The molecule has 1 aromatic carbocycles. The molecule has 1 heterocycles. The van der Waals surface area contributed by atoms with Crippen molar-refractivity contribution < 1.29 is 9.53 Å². The Morgan fingerprint density at radius 1 is 1.38 bits per heavy atom. The van der Waals surface area contributed by atoms with E-state index >= 15 is 0 Å². The van der Waals surface area contributed by atoms with Crippen LogP contribution in [0.15, 0.2) is 18.2 Å². The number of anilines is 1. The first-order valence-corrected chi connectivity index (χ1v) is 6.49. The first-order valence-electron chi connectivity index (χ1n) is 5.41. The van der Waals surface area contributed by atoms with Crippen molar-refractivity contribution in [2.75, 3.05) is 5.32 Å². The van der Waals surface area contributed by atoms with Crippen molar-refractivity contribution in [3.63, 3.8) is 0 Å². The van der Waals surface area contributed by atoms with Gasteiger partial charge in [0.2, 0.25) is 0 Å². The maximum absolute atomic E-state index is 11.5. The van der Waals surface area contributed by atoms with Crippen LogP contribution in [0.2, 0.25) is 0 Å². The van der Waals surface area contributed by atoms with Crippen LogP contribution in [-0.2, 0) is 10.3 Å². The number of cyclic esters (lactones) is 1. The molecule has 1 aliphatic rings. The number of amides is 1. The summed E-state index contributed by atoms with van der Waals surface area (Å²) in [6.45, 7) is 4.09. The number of benzene rings is 1. The summed E-state index contributed by atoms with van der Waals surface area (Å²) in [6.07, 6.45) is 1.24. The predicted molar refractivity (Wildman–Crippen MR) is 71.5 cm³/mol. The number of ether oxygens (including phenoxy) is 1. The number of hydrogen-bond donors (Lipinski definition) is 1. The van der Waals surface area contributed by atoms with Gasteiger partial charge in [0.1, 0.15) is 5.60 Å². The first kappa shape index (κ1) is 11.7. The molecule has 1 aromatic rings. The molecular formula is C12H14INO2. The number of carbonyl (C=O) groups is 1. The normalized spacial score (nSPS) is 17.3. The van der Waals surface area contributed by atoms with Gasteiger partial charge in [-0.15, -0.1) is 0 Å². The van der Waals surface area contributed by atoms with E-state index in [4.69, 9.17) is 4.74 Å². The quantitative estimate of drug-likeness (QED) is 0.836. The van der Waals surface area contributed by atoms with Gasteiger partial charge in [-0.1, -0.05) is 13.8 Å². The van der Waals surface area contributed by atoms with E-state index in [-0.39, 0.29) is 6.09 Å². The molecule has 0 aromatic heterocycles. The summed E-state index contributed by atoms with van der Waals surface area (Å²) in [7, 11) is 0. The molecule has 0 unspecified atom stereocenters. The number of carbonyl (C=O) groups excluding carboxylic acids is 1. The fraction of sp³-hybridized carbons (Fsp3) is 0.417. The molecule has 3 nitrogen and oxygen atoms in total. The lowest BCUT2D eigenvalue weighted by molar-refractivity contribution is 0.00468. The minimum Gasteiger partial charge on any atom is -0.438 e. The van der Waals surface area contributed by atoms with Crippen molar-refractivity contribution in [3.8, 4) is 0 Å². The average Bonchev–Trinajstić information content (AvgIpc) is 2.28. The molecule has 1 aliphatic heterocycles. The Bertz CT molecular complexity index is 427. The lowest BCUT2D eigenvalue weighted by Crippen LogP contribution is -2.38. The number of hydrogen-bond acceptors (Lipinski definition) is 2. The third kappa shape index (κ3) is 1.79. The summed E-state index contributed by atoms with van der Waals surface area (Å²) in [4.78, 5) is 11.5. The molecule has 0 saturated carbocycles. The fourth-order valence-corrected chi connectivity index (χ4v) is 2.64. The van der Waals surface area contributed by atoms with Gasteiger partial charge in [0, 0.05) is 9.13 Å². The van der Waals surface area contributed by atoms with Crippen LogP contribution in [0.1, 0.15) is 32.3 Å². The second-order valence-electron chi connectivity index (χ2n) is 3.91. The molecule has 0 saturated heterocycles. The first-order chi connectivity index (χ1) is 7.61. The van der Waals surface area contributed by atoms with Crippen LogP contribution in [0.4, 0.5) is 10.5 Å². The van der Waals surface area contributed by atoms with E-state index in [1.807, 2.05) is 26.0 Å². The highest BCUT2D eigenvalue weighted by Gasteiger charge is 2.38. The number of rotatable bonds is 2. The molecule has 0 fully saturated rings. The van der Waals surface area contributed by atoms with E-state index in [2.05, 4.69) is 34.0 Å². The summed E-state index contributed by atoms with van der Waals surface area (Å²) in [5.41, 5.74) is 1.50. The molecule has 0 spiro atoms. The molecule has 4 heteroatoms. The molecule has 1 N–H and O–H groups in total. The van der Waals surface area contributed by atoms with Gasteiger partial charge in [-0.05, 0) is 53.6 Å². The number of nitrogens with one attached hydrogen (secondary N) is 1. The van der Waals surface area contributed by atoms with Gasteiger partial charge in [-0.2, -0.15) is 0 Å². The standard InChI is InChI=1S/C12H14INO2/c1-3-12(4-2)9-7-8(13)5-6-10(9)14-11(15)16-12/h5-7H,3-4H2,1-2H3,(H,14,15). The summed E-state index contributed by atoms with van der Waals surface area (Å²) < 4.78 is 6.66. The zero-order valence-electron chi connectivity index (χ0n) is 9.34. The number of halogens is 1. The van der Waals surface area contributed by atoms with Crippen molar-refractivity contribution in [2.24, 2.45) is 0 Å². The number of fused-ring (bicyclic) bond motifs is 1. The molecular weight excluding hydrogens is 317 g/mol. The van der Waals surface area contributed by atoms with Crippen LogP contribution >= 0.6 is 22.6 Å². The van der Waals surface area contributed by atoms with E-state index in [0.717, 1.165) is 27.7 Å². The minimum atomic E-state index is -0.459. The Morgan fingerprint density at radius 2 is 2.06 bits per heavy atom. The van der Waals surface area contributed by atoms with Gasteiger partial charge in [0.25, 0.3) is 0 Å². The molecule has 0 radical (unpaired) electrons. The van der Waals surface area contributed by atoms with Crippen LogP contribution in [-0.4, -0.2) is 6.09 Å². The van der Waals surface area contributed by atoms with Crippen LogP contribution in [0.5, 0.6) is 0 Å². The van der Waals surface area contributed by atoms with Crippen molar-refractivity contribution in [1.29, 1.82) is 0 Å². The summed E-state index contributed by atoms with van der Waals surface area (Å²) in [6, 6.07) is 6.01. The van der Waals surface area contributed by atoms with Crippen molar-refractivity contribution >= 4 is 34.4 Å². The highest BCUT2D eigenvalue weighted by atomic mass is 127. The highest BCUT2D eigenvalue weighted by molar-refractivity contribution is 14.1. The maximum atomic E-state index is 11.5. The topological polar surface area (TPSA) is 38.3 Å². The maximum Gasteiger partial charge on any atom is 0.412 e. The third-order valence-electron chi connectivity index (χ3n) is 3.14. The zero-order chi connectivity index (χ0) is 11.8. The van der Waals surface area contributed by atoms with Gasteiger partial charge in [-0.25, -0.2) is 4.79 Å². The summed E-state index contributed by atoms with van der Waals surface area (Å²) in [5.74, 6) is 0. The van der Waals surface area contributed by atoms with Crippen LogP contribution in [0.25, 0.3) is 0 Å². The van der Waals surface area contributed by atoms with Crippen molar-refractivity contribution in [2.45, 2.75) is 32.3 Å². The average molecular weight is 331 g/mol. The molecule has 0 aliphatic carbocycles. The Morgan fingerprint density at radius 3 is 2.69 bits per heavy atom. The van der Waals surface area contributed by atoms with E-state index in [9.17, 15) is 4.79 Å². The smallest absolute Gasteiger partial charge is 0.412 e. The predicted octanol–water partition coefficient (Wildman–Crippen LogP) is 3.87. The molecule has 2 rings (SSSR count). The Hall–Kier alpha value is -0.780. The molecule has 86 valence electrons. The molecule has 0 atom stereocenters. The fourth-order valence-electron chi connectivity index (χ4n) is 2.15. The molecule has 1 amide bonds. The third-order valence-corrected chi connectivity index (χ3v) is 3.81. The largest absolute Gasteiger partial charge is 0.438 e. The van der Waals surface area contributed by atoms with Crippen LogP contribution < -0.4 is 5.32 Å². The van der Waals surface area contributed by atoms with E-state index < -0.39 is 5.60 Å². The summed E-state index contributed by atoms with van der Waals surface area (Å²) >= 11 is 2.27. The minimum absolute atomic E-state index is 0.350. The monoisotopic (exact) mass is 331 g/mol. The lowest BCUT2D eigenvalue weighted by atomic mass is 9.86. The molecule has 16 heavy (non-hydrogen) atoms. The van der Waals surface area contributed by atoms with Gasteiger partial charge in [-0.3, -0.25) is 5.32 Å². The van der Waals surface area contributed by atoms with E-state index in [1.54, 1.807) is 0 Å². The van der Waals surface area contributed by atoms with Gasteiger partial charge in [0.05, 0.1) is 5.69 Å². The SMILES string of the molecule is CCC1(CC)OC(=O)Nc2ccc(I)cc21. The van der Waals surface area contributed by atoms with Gasteiger partial charge < -0.3 is 4.74 Å². The van der Waals surface area contributed by atoms with Gasteiger partial charge >= 0.3 is 6.09 Å². The van der Waals surface area contributed by atoms with Crippen molar-refractivity contribution in [1.82, 2.24) is 0 Å². The second kappa shape index (κ2) is 4.24. The molecule has 0 bridgehead atoms. The Kier molecular flexibility index (Phi) is 3.10. The van der Waals surface area contributed by atoms with Crippen LogP contribution in [0.3, 0.4) is 0 Å². The van der Waals surface area contributed by atoms with Crippen molar-refractivity contribution in [3.05, 3.63) is 27.3 Å². The Labute approximate surface area is 109 Å². The Balaban J connectivity index is 2.59. The second-order valence-corrected chi connectivity index (χ2v) is 5.15. The lowest BCUT2D eigenvalue weighted by Gasteiger charge is -2.37. The van der Waals surface area contributed by atoms with Crippen LogP contribution in [0, 0.1) is 3.57 Å². The zero-order valence-corrected chi connectivity index (χ0v) is 11.5. The van der Waals surface area contributed by atoms with E-state index in [1.165, 1.54) is 0 Å². The highest BCUT2D eigenvalue weighted by Crippen LogP contribution is 2.41. The van der Waals surface area contributed by atoms with E-state index in [0.29, 0.717) is 0 Å².